The SMILES string of the molecule is CO[C@@H]1O[C@H](COS(=O)(=O)[O-])[C@@H](OCc2ccccc2)[C@H](O[C@@H]2O[C@H](COS(=O)(=O)[O-])[C@@H](OCc3ccccc3)[C@H](OCc3ccccc3)[C@H]2OCc2ccccc2)[C@H]1OCc1ccccc1.[Na+].[Na+]. The molecule has 2 fully saturated rings. The van der Waals surface area contributed by atoms with Gasteiger partial charge in [-0.2, -0.15) is 0 Å². The molecule has 21 heteroatoms. The molecule has 0 amide bonds. The van der Waals surface area contributed by atoms with Crippen molar-refractivity contribution in [2.45, 2.75) is 94.4 Å². The molecule has 7 rings (SSSR count). The number of methoxy groups -OCH3 is 1. The number of hydrogen-bond donors (Lipinski definition) is 0. The molecule has 0 N–H and O–H groups in total. The molecule has 2 aliphatic rings. The van der Waals surface area contributed by atoms with Gasteiger partial charge in [0.2, 0.25) is 20.8 Å². The van der Waals surface area contributed by atoms with Crippen LogP contribution >= 0.6 is 0 Å². The van der Waals surface area contributed by atoms with Gasteiger partial charge in [-0.3, -0.25) is 8.37 Å². The van der Waals surface area contributed by atoms with Crippen molar-refractivity contribution in [3.8, 4) is 0 Å². The third-order valence-corrected chi connectivity index (χ3v) is 11.7. The molecular weight excluding hydrogens is 959 g/mol. The Labute approximate surface area is 447 Å². The van der Waals surface area contributed by atoms with Crippen LogP contribution in [0.4, 0.5) is 0 Å². The minimum atomic E-state index is -5.27. The summed E-state index contributed by atoms with van der Waals surface area (Å²) in [6.07, 6.45) is -12.9. The predicted octanol–water partition coefficient (Wildman–Crippen LogP) is -0.644. The average molecular weight is 1010 g/mol. The van der Waals surface area contributed by atoms with Gasteiger partial charge in [-0.25, -0.2) is 16.8 Å². The maximum atomic E-state index is 12.1. The van der Waals surface area contributed by atoms with E-state index in [0.717, 1.165) is 27.8 Å². The average Bonchev–Trinajstić information content (AvgIpc) is 3.33. The summed E-state index contributed by atoms with van der Waals surface area (Å²) in [5, 5.41) is 0. The van der Waals surface area contributed by atoms with Crippen LogP contribution in [0.2, 0.25) is 0 Å². The monoisotopic (exact) mass is 1010 g/mol. The van der Waals surface area contributed by atoms with Crippen molar-refractivity contribution in [2.24, 2.45) is 0 Å². The van der Waals surface area contributed by atoms with Gasteiger partial charge in [-0.1, -0.05) is 152 Å². The van der Waals surface area contributed by atoms with Crippen molar-refractivity contribution >= 4 is 20.8 Å². The Hall–Kier alpha value is -2.52. The van der Waals surface area contributed by atoms with Gasteiger partial charge in [0.25, 0.3) is 0 Å². The van der Waals surface area contributed by atoms with Crippen LogP contribution in [0, 0.1) is 0 Å². The maximum absolute atomic E-state index is 12.1. The van der Waals surface area contributed by atoms with Crippen LogP contribution < -0.4 is 59.1 Å². The van der Waals surface area contributed by atoms with Gasteiger partial charge < -0.3 is 51.7 Å². The first-order chi connectivity index (χ1) is 32.4. The standard InChI is InChI=1S/C48H54O17S2.2Na/c1-55-47-46(60-31-38-25-15-6-16-26-38)44(42(40(63-47)33-62-67(52,53)54)57-28-35-19-9-3-10-20-35)65-48-45(59-30-37-23-13-5-14-24-37)43(58-29-36-21-11-4-12-22-36)41(39(64-48)32-61-66(49,50)51)56-27-34-17-7-2-8-18-34;;/h2-26,39-48H,27-33H2,1H3,(H,49,50,51)(H,52,53,54);;/q;2*+1/p-2/t39-,40-,41-,42-,43+,44+,45-,46-,47-,48+;;/m1../s1. The zero-order valence-corrected chi connectivity index (χ0v) is 44.0. The predicted molar refractivity (Wildman–Crippen MR) is 236 cm³/mol. The van der Waals surface area contributed by atoms with E-state index in [-0.39, 0.29) is 92.1 Å². The smallest absolute Gasteiger partial charge is 0.726 e. The summed E-state index contributed by atoms with van der Waals surface area (Å²) in [5.41, 5.74) is 3.79. The van der Waals surface area contributed by atoms with Crippen LogP contribution in [0.1, 0.15) is 27.8 Å². The minimum absolute atomic E-state index is 0. The van der Waals surface area contributed by atoms with E-state index in [2.05, 4.69) is 0 Å². The van der Waals surface area contributed by atoms with E-state index in [9.17, 15) is 25.9 Å². The van der Waals surface area contributed by atoms with Crippen LogP contribution in [0.25, 0.3) is 0 Å². The Morgan fingerprint density at radius 2 is 0.681 bits per heavy atom. The molecule has 0 bridgehead atoms. The molecular formula is C48H52Na2O17S2. The molecule has 0 spiro atoms. The molecule has 0 unspecified atom stereocenters. The second-order valence-electron chi connectivity index (χ2n) is 15.6. The zero-order valence-electron chi connectivity index (χ0n) is 38.4. The zero-order chi connectivity index (χ0) is 47.1. The van der Waals surface area contributed by atoms with E-state index < -0.39 is 95.4 Å². The molecule has 2 aliphatic heterocycles. The molecule has 5 aromatic carbocycles. The van der Waals surface area contributed by atoms with E-state index in [1.54, 1.807) is 0 Å². The van der Waals surface area contributed by atoms with Gasteiger partial charge in [0.15, 0.2) is 12.6 Å². The molecule has 5 aromatic rings. The van der Waals surface area contributed by atoms with E-state index in [4.69, 9.17) is 51.0 Å². The van der Waals surface area contributed by atoms with Gasteiger partial charge in [0.1, 0.15) is 48.8 Å². The van der Waals surface area contributed by atoms with Crippen molar-refractivity contribution in [2.75, 3.05) is 20.3 Å². The van der Waals surface area contributed by atoms with Gasteiger partial charge in [0, 0.05) is 7.11 Å². The molecule has 0 saturated carbocycles. The van der Waals surface area contributed by atoms with Crippen molar-refractivity contribution in [1.82, 2.24) is 0 Å². The van der Waals surface area contributed by atoms with Crippen molar-refractivity contribution < 1.29 is 136 Å². The van der Waals surface area contributed by atoms with Gasteiger partial charge >= 0.3 is 59.1 Å². The van der Waals surface area contributed by atoms with E-state index in [1.807, 2.05) is 152 Å². The van der Waals surface area contributed by atoms with Gasteiger partial charge in [-0.05, 0) is 27.8 Å². The Bertz CT molecular complexity index is 2440. The molecule has 0 aromatic heterocycles. The Balaban J connectivity index is 0.00000444. The summed E-state index contributed by atoms with van der Waals surface area (Å²) in [6.45, 7) is -1.68. The fourth-order valence-corrected chi connectivity index (χ4v) is 8.31. The van der Waals surface area contributed by atoms with Crippen molar-refractivity contribution in [3.63, 3.8) is 0 Å². The van der Waals surface area contributed by atoms with Gasteiger partial charge in [-0.15, -0.1) is 0 Å². The summed E-state index contributed by atoms with van der Waals surface area (Å²) in [5.74, 6) is 0. The summed E-state index contributed by atoms with van der Waals surface area (Å²) >= 11 is 0. The summed E-state index contributed by atoms with van der Waals surface area (Å²) < 4.78 is 140. The first-order valence-corrected chi connectivity index (χ1v) is 24.1. The minimum Gasteiger partial charge on any atom is -0.726 e. The van der Waals surface area contributed by atoms with Gasteiger partial charge in [0.05, 0.1) is 46.2 Å². The van der Waals surface area contributed by atoms with Crippen LogP contribution in [-0.4, -0.2) is 108 Å². The van der Waals surface area contributed by atoms with Crippen LogP contribution in [0.15, 0.2) is 152 Å². The maximum Gasteiger partial charge on any atom is 1.00 e. The molecule has 2 saturated heterocycles. The van der Waals surface area contributed by atoms with E-state index in [1.165, 1.54) is 7.11 Å². The number of benzene rings is 5. The summed E-state index contributed by atoms with van der Waals surface area (Å²) in [6, 6.07) is 46.0. The molecule has 69 heavy (non-hydrogen) atoms. The Morgan fingerprint density at radius 3 is 1.00 bits per heavy atom. The topological polar surface area (TPSA) is 216 Å². The summed E-state index contributed by atoms with van der Waals surface area (Å²) in [7, 11) is -9.17. The van der Waals surface area contributed by atoms with Crippen molar-refractivity contribution in [3.05, 3.63) is 179 Å². The number of rotatable bonds is 24. The third-order valence-electron chi connectivity index (χ3n) is 10.9. The fraction of sp³-hybridized carbons (Fsp3) is 0.375. The van der Waals surface area contributed by atoms with E-state index in [0.29, 0.717) is 0 Å². The number of hydrogen-bond acceptors (Lipinski definition) is 17. The number of ether oxygens (including phenoxy) is 9. The molecule has 360 valence electrons. The first kappa shape index (κ1) is 57.4. The molecule has 17 nitrogen and oxygen atoms in total. The largest absolute Gasteiger partial charge is 1.00 e. The first-order valence-electron chi connectivity index (χ1n) is 21.4. The quantitative estimate of drug-likeness (QED) is 0.0427. The normalized spacial score (nSPS) is 25.0. The van der Waals surface area contributed by atoms with Crippen LogP contribution in [-0.2, 0) is 105 Å². The molecule has 0 radical (unpaired) electrons. The Morgan fingerprint density at radius 1 is 0.406 bits per heavy atom. The molecule has 0 aliphatic carbocycles. The van der Waals surface area contributed by atoms with Crippen LogP contribution in [0.3, 0.4) is 0 Å². The second kappa shape index (κ2) is 28.7. The molecule has 2 heterocycles. The summed E-state index contributed by atoms with van der Waals surface area (Å²) in [4.78, 5) is 0. The molecule has 10 atom stereocenters. The van der Waals surface area contributed by atoms with E-state index >= 15 is 0 Å². The van der Waals surface area contributed by atoms with Crippen LogP contribution in [0.5, 0.6) is 0 Å². The Kier molecular flexibility index (Phi) is 23.8. The third kappa shape index (κ3) is 18.2. The van der Waals surface area contributed by atoms with Crippen molar-refractivity contribution in [1.29, 1.82) is 0 Å². The second-order valence-corrected chi connectivity index (χ2v) is 17.7. The fourth-order valence-electron chi connectivity index (χ4n) is 7.71.